The van der Waals surface area contributed by atoms with Crippen molar-refractivity contribution in [2.75, 3.05) is 4.72 Å². The van der Waals surface area contributed by atoms with Gasteiger partial charge in [-0.1, -0.05) is 6.92 Å². The van der Waals surface area contributed by atoms with Crippen LogP contribution >= 0.6 is 11.9 Å². The molecule has 15 heavy (non-hydrogen) atoms. The van der Waals surface area contributed by atoms with E-state index in [4.69, 9.17) is 0 Å². The van der Waals surface area contributed by atoms with Crippen molar-refractivity contribution < 1.29 is 4.79 Å². The molecule has 1 aromatic heterocycles. The summed E-state index contributed by atoms with van der Waals surface area (Å²) in [4.78, 5) is 19.0. The smallest absolute Gasteiger partial charge is 0.233 e. The van der Waals surface area contributed by atoms with Crippen molar-refractivity contribution in [3.63, 3.8) is 0 Å². The molecule has 1 aliphatic carbocycles. The van der Waals surface area contributed by atoms with Crippen molar-refractivity contribution in [1.82, 2.24) is 9.97 Å². The van der Waals surface area contributed by atoms with Crippen LogP contribution in [0.1, 0.15) is 31.4 Å². The van der Waals surface area contributed by atoms with Gasteiger partial charge in [0.1, 0.15) is 6.29 Å². The Bertz CT molecular complexity index is 354. The van der Waals surface area contributed by atoms with E-state index < -0.39 is 0 Å². The van der Waals surface area contributed by atoms with Crippen LogP contribution < -0.4 is 4.72 Å². The number of carbonyl (C=O) groups is 1. The third-order valence-corrected chi connectivity index (χ3v) is 3.29. The van der Waals surface area contributed by atoms with Crippen LogP contribution in [0.25, 0.3) is 0 Å². The van der Waals surface area contributed by atoms with Crippen LogP contribution in [0.4, 0.5) is 5.95 Å². The molecule has 0 radical (unpaired) electrons. The van der Waals surface area contributed by atoms with Crippen molar-refractivity contribution in [3.8, 4) is 0 Å². The highest BCUT2D eigenvalue weighted by Gasteiger charge is 2.22. The molecule has 0 aromatic carbocycles. The number of hydrogen-bond acceptors (Lipinski definition) is 5. The monoisotopic (exact) mass is 223 g/mol. The van der Waals surface area contributed by atoms with E-state index in [1.807, 2.05) is 6.92 Å². The van der Waals surface area contributed by atoms with Crippen LogP contribution in [-0.2, 0) is 4.79 Å². The summed E-state index contributed by atoms with van der Waals surface area (Å²) < 4.78 is 3.10. The molecular formula is C10H13N3OS. The molecule has 0 aliphatic heterocycles. The Morgan fingerprint density at radius 2 is 2.47 bits per heavy atom. The van der Waals surface area contributed by atoms with Crippen LogP contribution in [0, 0.1) is 0 Å². The number of aromatic nitrogens is 2. The average Bonchev–Trinajstić information content (AvgIpc) is 3.09. The number of nitrogens with one attached hydrogen (secondary N) is 1. The van der Waals surface area contributed by atoms with Crippen molar-refractivity contribution >= 4 is 24.2 Å². The molecule has 1 N–H and O–H groups in total. The van der Waals surface area contributed by atoms with Gasteiger partial charge in [-0.05, 0) is 30.9 Å². The van der Waals surface area contributed by atoms with Gasteiger partial charge >= 0.3 is 0 Å². The van der Waals surface area contributed by atoms with Crippen LogP contribution in [0.5, 0.6) is 0 Å². The van der Waals surface area contributed by atoms with E-state index >= 15 is 0 Å². The van der Waals surface area contributed by atoms with E-state index in [2.05, 4.69) is 14.7 Å². The molecule has 1 heterocycles. The number of hydrogen-bond donors (Lipinski definition) is 1. The van der Waals surface area contributed by atoms with Crippen LogP contribution in [-0.4, -0.2) is 21.5 Å². The molecule has 4 nitrogen and oxygen atoms in total. The van der Waals surface area contributed by atoms with Gasteiger partial charge in [0, 0.05) is 11.4 Å². The third kappa shape index (κ3) is 2.92. The lowest BCUT2D eigenvalue weighted by atomic mass is 10.1. The first-order valence-corrected chi connectivity index (χ1v) is 5.87. The minimum absolute atomic E-state index is 0.167. The molecule has 0 bridgehead atoms. The summed E-state index contributed by atoms with van der Waals surface area (Å²) in [5.74, 6) is 0.428. The zero-order valence-electron chi connectivity index (χ0n) is 8.51. The minimum Gasteiger partial charge on any atom is -0.303 e. The van der Waals surface area contributed by atoms with Gasteiger partial charge in [0.05, 0.1) is 11.6 Å². The summed E-state index contributed by atoms with van der Waals surface area (Å²) in [6.45, 7) is 1.83. The highest BCUT2D eigenvalue weighted by atomic mass is 32.2. The first-order chi connectivity index (χ1) is 7.29. The van der Waals surface area contributed by atoms with Crippen molar-refractivity contribution in [3.05, 3.63) is 18.0 Å². The molecule has 0 spiro atoms. The lowest BCUT2D eigenvalue weighted by molar-refractivity contribution is -0.108. The van der Waals surface area contributed by atoms with Gasteiger partial charge in [0.2, 0.25) is 5.95 Å². The largest absolute Gasteiger partial charge is 0.303 e. The minimum atomic E-state index is -0.167. The molecule has 2 rings (SSSR count). The van der Waals surface area contributed by atoms with E-state index in [0.29, 0.717) is 11.2 Å². The van der Waals surface area contributed by atoms with Crippen LogP contribution in [0.3, 0.4) is 0 Å². The fourth-order valence-corrected chi connectivity index (χ4v) is 1.81. The Hall–Kier alpha value is -1.10. The summed E-state index contributed by atoms with van der Waals surface area (Å²) in [5, 5.41) is 0.709. The standard InChI is InChI=1S/C10H13N3OS/c1-7(6-14)9-4-5-11-10(12-9)13-15-8-2-3-8/h4-8H,2-3H2,1H3,(H,11,12,13). The lowest BCUT2D eigenvalue weighted by Crippen LogP contribution is -2.02. The molecule has 5 heteroatoms. The molecule has 1 atom stereocenters. The summed E-state index contributed by atoms with van der Waals surface area (Å²) >= 11 is 1.66. The van der Waals surface area contributed by atoms with Crippen molar-refractivity contribution in [2.45, 2.75) is 30.9 Å². The molecule has 1 unspecified atom stereocenters. The zero-order valence-corrected chi connectivity index (χ0v) is 9.33. The number of nitrogens with zero attached hydrogens (tertiary/aromatic N) is 2. The molecule has 0 amide bonds. The van der Waals surface area contributed by atoms with Crippen LogP contribution in [0.2, 0.25) is 0 Å². The van der Waals surface area contributed by atoms with Crippen LogP contribution in [0.15, 0.2) is 12.3 Å². The highest BCUT2D eigenvalue weighted by Crippen LogP contribution is 2.33. The molecular weight excluding hydrogens is 210 g/mol. The van der Waals surface area contributed by atoms with E-state index in [0.717, 1.165) is 12.0 Å². The van der Waals surface area contributed by atoms with E-state index in [1.165, 1.54) is 12.8 Å². The summed E-state index contributed by atoms with van der Waals surface area (Å²) in [6.07, 6.45) is 5.10. The fraction of sp³-hybridized carbons (Fsp3) is 0.500. The number of aldehydes is 1. The number of rotatable bonds is 5. The van der Waals surface area contributed by atoms with E-state index in [-0.39, 0.29) is 5.92 Å². The fourth-order valence-electron chi connectivity index (χ4n) is 1.07. The molecule has 1 saturated carbocycles. The summed E-state index contributed by atoms with van der Waals surface area (Å²) in [5.41, 5.74) is 0.763. The third-order valence-electron chi connectivity index (χ3n) is 2.19. The molecule has 80 valence electrons. The first-order valence-electron chi connectivity index (χ1n) is 4.99. The predicted octanol–water partition coefficient (Wildman–Crippen LogP) is 2.00. The summed E-state index contributed by atoms with van der Waals surface area (Å²) in [7, 11) is 0. The van der Waals surface area contributed by atoms with E-state index in [1.54, 1.807) is 24.2 Å². The highest BCUT2D eigenvalue weighted by molar-refractivity contribution is 8.01. The Labute approximate surface area is 93.0 Å². The molecule has 1 aromatic rings. The second-order valence-electron chi connectivity index (χ2n) is 3.65. The van der Waals surface area contributed by atoms with Gasteiger partial charge in [0.15, 0.2) is 0 Å². The Morgan fingerprint density at radius 3 is 3.13 bits per heavy atom. The van der Waals surface area contributed by atoms with Crippen molar-refractivity contribution in [1.29, 1.82) is 0 Å². The maximum Gasteiger partial charge on any atom is 0.233 e. The molecule has 0 saturated heterocycles. The first kappa shape index (κ1) is 10.4. The maximum atomic E-state index is 10.6. The number of carbonyl (C=O) groups excluding carboxylic acids is 1. The topological polar surface area (TPSA) is 54.9 Å². The molecule has 1 fully saturated rings. The normalized spacial score (nSPS) is 17.1. The van der Waals surface area contributed by atoms with Gasteiger partial charge in [-0.25, -0.2) is 9.97 Å². The Kier molecular flexibility index (Phi) is 3.20. The maximum absolute atomic E-state index is 10.6. The number of anilines is 1. The second-order valence-corrected chi connectivity index (χ2v) is 4.76. The Balaban J connectivity index is 2.00. The average molecular weight is 223 g/mol. The quantitative estimate of drug-likeness (QED) is 0.611. The molecule has 1 aliphatic rings. The van der Waals surface area contributed by atoms with Gasteiger partial charge < -0.3 is 4.79 Å². The van der Waals surface area contributed by atoms with Gasteiger partial charge in [-0.3, -0.25) is 4.72 Å². The SMILES string of the molecule is CC(C=O)c1ccnc(NSC2CC2)n1. The second kappa shape index (κ2) is 4.61. The van der Waals surface area contributed by atoms with Gasteiger partial charge in [-0.2, -0.15) is 0 Å². The van der Waals surface area contributed by atoms with Crippen molar-refractivity contribution in [2.24, 2.45) is 0 Å². The van der Waals surface area contributed by atoms with E-state index in [9.17, 15) is 4.79 Å². The predicted molar refractivity (Wildman–Crippen MR) is 60.7 cm³/mol. The lowest BCUT2D eigenvalue weighted by Gasteiger charge is -2.06. The summed E-state index contributed by atoms with van der Waals surface area (Å²) in [6, 6.07) is 1.77. The Morgan fingerprint density at radius 1 is 1.67 bits per heavy atom. The van der Waals surface area contributed by atoms with Gasteiger partial charge in [-0.15, -0.1) is 0 Å². The van der Waals surface area contributed by atoms with Gasteiger partial charge in [0.25, 0.3) is 0 Å². The zero-order chi connectivity index (χ0) is 10.7.